The van der Waals surface area contributed by atoms with Gasteiger partial charge in [-0.1, -0.05) is 35.6 Å². The lowest BCUT2D eigenvalue weighted by Crippen LogP contribution is -2.42. The van der Waals surface area contributed by atoms with Gasteiger partial charge >= 0.3 is 0 Å². The minimum atomic E-state index is -0.472. The van der Waals surface area contributed by atoms with E-state index in [0.717, 1.165) is 29.0 Å². The summed E-state index contributed by atoms with van der Waals surface area (Å²) in [4.78, 5) is 36.2. The van der Waals surface area contributed by atoms with Crippen LogP contribution in [0.5, 0.6) is 0 Å². The molecular weight excluding hydrogens is 378 g/mol. The number of hydrazine groups is 1. The topological polar surface area (TPSA) is 96.5 Å². The fourth-order valence-electron chi connectivity index (χ4n) is 3.01. The molecule has 3 heterocycles. The van der Waals surface area contributed by atoms with E-state index in [-0.39, 0.29) is 5.69 Å². The summed E-state index contributed by atoms with van der Waals surface area (Å²) in [6, 6.07) is 9.29. The first-order chi connectivity index (χ1) is 13.6. The fourth-order valence-corrected chi connectivity index (χ4v) is 4.03. The second-order valence-corrected chi connectivity index (χ2v) is 7.28. The molecule has 0 radical (unpaired) electrons. The van der Waals surface area contributed by atoms with E-state index >= 15 is 0 Å². The number of aryl methyl sites for hydroxylation is 1. The van der Waals surface area contributed by atoms with Gasteiger partial charge in [0.15, 0.2) is 5.13 Å². The van der Waals surface area contributed by atoms with E-state index < -0.39 is 11.8 Å². The number of pyridine rings is 1. The lowest BCUT2D eigenvalue weighted by molar-refractivity contribution is 0.0846. The summed E-state index contributed by atoms with van der Waals surface area (Å²) >= 11 is 1.30. The second kappa shape index (κ2) is 7.91. The lowest BCUT2D eigenvalue weighted by atomic mass is 10.1. The molecule has 0 bridgehead atoms. The normalized spacial score (nSPS) is 14.1. The number of aromatic nitrogens is 2. The Hall–Kier alpha value is -3.04. The third-order valence-electron chi connectivity index (χ3n) is 4.45. The highest BCUT2D eigenvalue weighted by molar-refractivity contribution is 7.17. The molecule has 0 spiro atoms. The molecule has 2 N–H and O–H groups in total. The Kier molecular flexibility index (Phi) is 5.18. The summed E-state index contributed by atoms with van der Waals surface area (Å²) < 4.78 is 5.35. The number of benzene rings is 1. The first-order valence-electron chi connectivity index (χ1n) is 8.88. The molecule has 0 saturated carbocycles. The maximum absolute atomic E-state index is 12.5. The van der Waals surface area contributed by atoms with Gasteiger partial charge < -0.3 is 9.64 Å². The summed E-state index contributed by atoms with van der Waals surface area (Å²) in [7, 11) is 0. The Morgan fingerprint density at radius 2 is 1.86 bits per heavy atom. The Morgan fingerprint density at radius 3 is 2.68 bits per heavy atom. The van der Waals surface area contributed by atoms with Crippen molar-refractivity contribution in [2.24, 2.45) is 0 Å². The zero-order valence-electron chi connectivity index (χ0n) is 15.3. The molecule has 1 fully saturated rings. The number of anilines is 1. The Morgan fingerprint density at radius 1 is 1.11 bits per heavy atom. The molecule has 9 heteroatoms. The van der Waals surface area contributed by atoms with Gasteiger partial charge in [-0.2, -0.15) is 0 Å². The van der Waals surface area contributed by atoms with Crippen LogP contribution in [-0.4, -0.2) is 48.1 Å². The maximum atomic E-state index is 12.5. The van der Waals surface area contributed by atoms with Gasteiger partial charge in [0.1, 0.15) is 10.6 Å². The number of hydrogen-bond donors (Lipinski definition) is 2. The molecule has 2 aromatic heterocycles. The first kappa shape index (κ1) is 18.3. The smallest absolute Gasteiger partial charge is 0.288 e. The van der Waals surface area contributed by atoms with E-state index in [1.54, 1.807) is 13.1 Å². The molecule has 28 heavy (non-hydrogen) atoms. The molecule has 1 saturated heterocycles. The number of hydrogen-bond acceptors (Lipinski definition) is 7. The number of fused-ring (bicyclic) bond motifs is 1. The highest BCUT2D eigenvalue weighted by Crippen LogP contribution is 2.26. The molecule has 1 aliphatic heterocycles. The van der Waals surface area contributed by atoms with Crippen molar-refractivity contribution < 1.29 is 14.3 Å². The molecule has 144 valence electrons. The molecule has 1 aliphatic rings. The molecule has 0 atom stereocenters. The monoisotopic (exact) mass is 397 g/mol. The average molecular weight is 397 g/mol. The first-order valence-corrected chi connectivity index (χ1v) is 9.69. The lowest BCUT2D eigenvalue weighted by Gasteiger charge is -2.25. The van der Waals surface area contributed by atoms with E-state index in [4.69, 9.17) is 4.74 Å². The highest BCUT2D eigenvalue weighted by atomic mass is 32.1. The number of ether oxygens (including phenoxy) is 1. The zero-order valence-corrected chi connectivity index (χ0v) is 16.1. The second-order valence-electron chi connectivity index (χ2n) is 6.30. The molecule has 4 rings (SSSR count). The van der Waals surface area contributed by atoms with Gasteiger partial charge in [0.2, 0.25) is 0 Å². The van der Waals surface area contributed by atoms with Gasteiger partial charge in [-0.05, 0) is 18.4 Å². The van der Waals surface area contributed by atoms with Crippen LogP contribution in [0.25, 0.3) is 10.8 Å². The summed E-state index contributed by atoms with van der Waals surface area (Å²) in [5.41, 5.74) is 5.80. The van der Waals surface area contributed by atoms with Crippen LogP contribution >= 0.6 is 11.3 Å². The minimum Gasteiger partial charge on any atom is -0.378 e. The molecule has 3 aromatic rings. The highest BCUT2D eigenvalue weighted by Gasteiger charge is 2.21. The number of nitrogens with one attached hydrogen (secondary N) is 2. The van der Waals surface area contributed by atoms with Crippen molar-refractivity contribution in [1.29, 1.82) is 0 Å². The van der Waals surface area contributed by atoms with E-state index in [1.807, 2.05) is 30.3 Å². The van der Waals surface area contributed by atoms with Gasteiger partial charge in [-0.25, -0.2) is 4.98 Å². The standard InChI is InChI=1S/C19H19N5O3S/c1-12-16(28-19(21-12)24-8-10-27-11-9-24)18(26)23-22-17(25)15-14-5-3-2-4-13(14)6-7-20-15/h2-7H,8-11H2,1H3,(H,22,25)(H,23,26). The summed E-state index contributed by atoms with van der Waals surface area (Å²) in [6.45, 7) is 4.57. The van der Waals surface area contributed by atoms with Crippen LogP contribution < -0.4 is 15.8 Å². The summed E-state index contributed by atoms with van der Waals surface area (Å²) in [6.07, 6.45) is 1.57. The molecule has 2 amide bonds. The van der Waals surface area contributed by atoms with E-state index in [0.29, 0.717) is 23.8 Å². The number of nitrogens with zero attached hydrogens (tertiary/aromatic N) is 3. The SMILES string of the molecule is Cc1nc(N2CCOCC2)sc1C(=O)NNC(=O)c1nccc2ccccc12. The molecule has 1 aromatic carbocycles. The van der Waals surface area contributed by atoms with Crippen LogP contribution in [0.1, 0.15) is 25.9 Å². The molecule has 0 aliphatic carbocycles. The van der Waals surface area contributed by atoms with Crippen LogP contribution in [0.15, 0.2) is 36.5 Å². The van der Waals surface area contributed by atoms with Crippen LogP contribution in [-0.2, 0) is 4.74 Å². The van der Waals surface area contributed by atoms with Crippen LogP contribution in [0.2, 0.25) is 0 Å². The van der Waals surface area contributed by atoms with Crippen molar-refractivity contribution in [2.45, 2.75) is 6.92 Å². The van der Waals surface area contributed by atoms with Crippen molar-refractivity contribution in [3.63, 3.8) is 0 Å². The third kappa shape index (κ3) is 3.67. The molecular formula is C19H19N5O3S. The Labute approximate surface area is 165 Å². The van der Waals surface area contributed by atoms with Gasteiger partial charge in [-0.3, -0.25) is 25.4 Å². The Bertz CT molecular complexity index is 1020. The maximum Gasteiger partial charge on any atom is 0.288 e. The number of thiazole rings is 1. The van der Waals surface area contributed by atoms with Gasteiger partial charge in [-0.15, -0.1) is 0 Å². The number of carbonyl (C=O) groups is 2. The largest absolute Gasteiger partial charge is 0.378 e. The zero-order chi connectivity index (χ0) is 19.5. The number of amides is 2. The van der Waals surface area contributed by atoms with Crippen molar-refractivity contribution in [1.82, 2.24) is 20.8 Å². The van der Waals surface area contributed by atoms with Crippen LogP contribution in [0.3, 0.4) is 0 Å². The average Bonchev–Trinajstić information content (AvgIpc) is 3.14. The predicted octanol–water partition coefficient (Wildman–Crippen LogP) is 1.91. The third-order valence-corrected chi connectivity index (χ3v) is 5.67. The number of morpholine rings is 1. The van der Waals surface area contributed by atoms with Gasteiger partial charge in [0.25, 0.3) is 11.8 Å². The van der Waals surface area contributed by atoms with Gasteiger partial charge in [0, 0.05) is 24.7 Å². The van der Waals surface area contributed by atoms with E-state index in [1.165, 1.54) is 11.3 Å². The molecule has 8 nitrogen and oxygen atoms in total. The van der Waals surface area contributed by atoms with E-state index in [2.05, 4.69) is 25.7 Å². The van der Waals surface area contributed by atoms with Crippen LogP contribution in [0.4, 0.5) is 5.13 Å². The van der Waals surface area contributed by atoms with E-state index in [9.17, 15) is 9.59 Å². The van der Waals surface area contributed by atoms with Crippen molar-refractivity contribution in [3.05, 3.63) is 52.8 Å². The van der Waals surface area contributed by atoms with Crippen LogP contribution in [0, 0.1) is 6.92 Å². The fraction of sp³-hybridized carbons (Fsp3) is 0.263. The minimum absolute atomic E-state index is 0.258. The predicted molar refractivity (Wildman–Crippen MR) is 107 cm³/mol. The van der Waals surface area contributed by atoms with Crippen molar-refractivity contribution in [2.75, 3.05) is 31.2 Å². The number of rotatable bonds is 3. The summed E-state index contributed by atoms with van der Waals surface area (Å²) in [5.74, 6) is -0.871. The van der Waals surface area contributed by atoms with Crippen molar-refractivity contribution >= 4 is 39.1 Å². The quantitative estimate of drug-likeness (QED) is 0.656. The van der Waals surface area contributed by atoms with Gasteiger partial charge in [0.05, 0.1) is 18.9 Å². The summed E-state index contributed by atoms with van der Waals surface area (Å²) in [5, 5.41) is 2.41. The van der Waals surface area contributed by atoms with Crippen molar-refractivity contribution in [3.8, 4) is 0 Å². The Balaban J connectivity index is 1.45. The number of carbonyl (C=O) groups excluding carboxylic acids is 2. The molecule has 0 unspecified atom stereocenters.